The maximum atomic E-state index is 12.5. The normalized spacial score (nSPS) is 15.6. The third-order valence-corrected chi connectivity index (χ3v) is 11.8. The number of carboxylic acids is 2. The highest BCUT2D eigenvalue weighted by Gasteiger charge is 2.63. The zero-order valence-electron chi connectivity index (χ0n) is 16.0. The van der Waals surface area contributed by atoms with Gasteiger partial charge >= 0.3 is 11.9 Å². The summed E-state index contributed by atoms with van der Waals surface area (Å²) in [5.41, 5.74) is -3.93. The number of carboxylic acid groups (broad SMARTS) is 2. The fourth-order valence-electron chi connectivity index (χ4n) is 4.17. The van der Waals surface area contributed by atoms with Crippen molar-refractivity contribution in [2.24, 2.45) is 0 Å². The standard InChI is InChI=1S/C21H26O5Si/c1-20(2,3)27(15-11-7-5-8-12-15,16-13-9-6-10-14-16)17(18(22)23)21(4,26)19(24)25/h5-14,17,26H,1-4H3,(H,22,23)(H,24,25). The lowest BCUT2D eigenvalue weighted by Crippen LogP contribution is -2.73. The number of rotatable bonds is 6. The summed E-state index contributed by atoms with van der Waals surface area (Å²) in [6.45, 7) is 6.86. The molecular weight excluding hydrogens is 360 g/mol. The van der Waals surface area contributed by atoms with E-state index >= 15 is 0 Å². The van der Waals surface area contributed by atoms with Gasteiger partial charge in [-0.2, -0.15) is 0 Å². The van der Waals surface area contributed by atoms with E-state index in [1.54, 1.807) is 0 Å². The predicted molar refractivity (Wildman–Crippen MR) is 107 cm³/mol. The zero-order valence-corrected chi connectivity index (χ0v) is 17.0. The Morgan fingerprint density at radius 2 is 1.19 bits per heavy atom. The molecule has 0 aromatic heterocycles. The molecule has 5 nitrogen and oxygen atoms in total. The molecule has 2 atom stereocenters. The molecule has 0 spiro atoms. The van der Waals surface area contributed by atoms with Gasteiger partial charge in [-0.15, -0.1) is 0 Å². The summed E-state index contributed by atoms with van der Waals surface area (Å²) >= 11 is 0. The summed E-state index contributed by atoms with van der Waals surface area (Å²) in [6, 6.07) is 18.3. The van der Waals surface area contributed by atoms with E-state index in [9.17, 15) is 24.9 Å². The van der Waals surface area contributed by atoms with Crippen LogP contribution >= 0.6 is 0 Å². The lowest BCUT2D eigenvalue weighted by atomic mass is 10.0. The van der Waals surface area contributed by atoms with Gasteiger partial charge in [-0.1, -0.05) is 91.8 Å². The van der Waals surface area contributed by atoms with Gasteiger partial charge in [-0.05, 0) is 12.0 Å². The number of hydrogen-bond donors (Lipinski definition) is 3. The highest BCUT2D eigenvalue weighted by molar-refractivity contribution is 7.07. The van der Waals surface area contributed by atoms with Crippen molar-refractivity contribution < 1.29 is 24.9 Å². The van der Waals surface area contributed by atoms with Crippen LogP contribution in [0, 0.1) is 0 Å². The molecule has 2 unspecified atom stereocenters. The van der Waals surface area contributed by atoms with Crippen molar-refractivity contribution >= 4 is 30.4 Å². The molecule has 2 aromatic rings. The van der Waals surface area contributed by atoms with E-state index in [0.29, 0.717) is 0 Å². The molecule has 0 saturated carbocycles. The lowest BCUT2D eigenvalue weighted by molar-refractivity contribution is -0.163. The van der Waals surface area contributed by atoms with E-state index in [1.165, 1.54) is 0 Å². The van der Waals surface area contributed by atoms with E-state index in [4.69, 9.17) is 0 Å². The number of aliphatic hydroxyl groups is 1. The van der Waals surface area contributed by atoms with Crippen molar-refractivity contribution in [3.8, 4) is 0 Å². The van der Waals surface area contributed by atoms with Gasteiger partial charge < -0.3 is 15.3 Å². The third-order valence-electron chi connectivity index (χ3n) is 5.32. The molecule has 6 heteroatoms. The minimum absolute atomic E-state index is 0.599. The van der Waals surface area contributed by atoms with E-state index < -0.39 is 36.2 Å². The first kappa shape index (κ1) is 20.9. The Morgan fingerprint density at radius 1 is 0.815 bits per heavy atom. The summed E-state index contributed by atoms with van der Waals surface area (Å²) in [5, 5.41) is 31.7. The quantitative estimate of drug-likeness (QED) is 0.663. The summed E-state index contributed by atoms with van der Waals surface area (Å²) in [6.07, 6.45) is 0. The molecule has 0 aliphatic rings. The van der Waals surface area contributed by atoms with Crippen molar-refractivity contribution in [1.29, 1.82) is 0 Å². The molecular formula is C21H26O5Si. The van der Waals surface area contributed by atoms with Crippen molar-refractivity contribution in [2.45, 2.75) is 43.9 Å². The van der Waals surface area contributed by atoms with Crippen LogP contribution in [0.3, 0.4) is 0 Å². The molecule has 0 amide bonds. The van der Waals surface area contributed by atoms with E-state index in [0.717, 1.165) is 17.3 Å². The SMILES string of the molecule is CC(O)(C(=O)O)C(C(=O)O)[Si](c1ccccc1)(c1ccccc1)C(C)(C)C. The first-order valence-electron chi connectivity index (χ1n) is 8.77. The van der Waals surface area contributed by atoms with Crippen LogP contribution in [0.15, 0.2) is 60.7 Å². The lowest BCUT2D eigenvalue weighted by Gasteiger charge is -2.50. The largest absolute Gasteiger partial charge is 0.481 e. The van der Waals surface area contributed by atoms with Gasteiger partial charge in [-0.25, -0.2) is 4.79 Å². The van der Waals surface area contributed by atoms with Crippen molar-refractivity contribution in [1.82, 2.24) is 0 Å². The molecule has 0 radical (unpaired) electrons. The Labute approximate surface area is 160 Å². The van der Waals surface area contributed by atoms with Gasteiger partial charge in [0.05, 0.1) is 5.54 Å². The van der Waals surface area contributed by atoms with Gasteiger partial charge in [0, 0.05) is 0 Å². The van der Waals surface area contributed by atoms with Crippen LogP contribution in [0.25, 0.3) is 0 Å². The second-order valence-electron chi connectivity index (χ2n) is 8.01. The van der Waals surface area contributed by atoms with Gasteiger partial charge in [0.25, 0.3) is 0 Å². The second kappa shape index (κ2) is 7.29. The minimum atomic E-state index is -3.37. The zero-order chi connectivity index (χ0) is 20.5. The van der Waals surface area contributed by atoms with Gasteiger partial charge in [0.1, 0.15) is 8.07 Å². The minimum Gasteiger partial charge on any atom is -0.481 e. The molecule has 0 bridgehead atoms. The molecule has 0 saturated heterocycles. The molecule has 2 aromatic carbocycles. The smallest absolute Gasteiger partial charge is 0.336 e. The van der Waals surface area contributed by atoms with Crippen LogP contribution in [-0.4, -0.2) is 40.9 Å². The number of carbonyl (C=O) groups is 2. The fourth-order valence-corrected chi connectivity index (χ4v) is 10.5. The molecule has 3 N–H and O–H groups in total. The van der Waals surface area contributed by atoms with Crippen LogP contribution in [0.5, 0.6) is 0 Å². The van der Waals surface area contributed by atoms with Gasteiger partial charge in [0.15, 0.2) is 5.60 Å². The average molecular weight is 387 g/mol. The molecule has 2 rings (SSSR count). The maximum absolute atomic E-state index is 12.5. The first-order valence-corrected chi connectivity index (χ1v) is 10.8. The number of hydrogen-bond acceptors (Lipinski definition) is 3. The highest BCUT2D eigenvalue weighted by atomic mass is 28.3. The Kier molecular flexibility index (Phi) is 5.63. The Morgan fingerprint density at radius 3 is 1.44 bits per heavy atom. The van der Waals surface area contributed by atoms with Crippen LogP contribution in [-0.2, 0) is 9.59 Å². The van der Waals surface area contributed by atoms with E-state index in [-0.39, 0.29) is 0 Å². The van der Waals surface area contributed by atoms with Crippen LogP contribution in [0.2, 0.25) is 10.6 Å². The molecule has 27 heavy (non-hydrogen) atoms. The van der Waals surface area contributed by atoms with E-state index in [1.807, 2.05) is 81.4 Å². The second-order valence-corrected chi connectivity index (χ2v) is 12.9. The monoisotopic (exact) mass is 386 g/mol. The van der Waals surface area contributed by atoms with Crippen LogP contribution in [0.4, 0.5) is 0 Å². The van der Waals surface area contributed by atoms with Crippen molar-refractivity contribution in [2.75, 3.05) is 0 Å². The van der Waals surface area contributed by atoms with E-state index in [2.05, 4.69) is 0 Å². The third kappa shape index (κ3) is 3.42. The number of aliphatic carboxylic acids is 2. The summed E-state index contributed by atoms with van der Waals surface area (Å²) in [7, 11) is -3.37. The van der Waals surface area contributed by atoms with Crippen LogP contribution in [0.1, 0.15) is 27.7 Å². The summed E-state index contributed by atoms with van der Waals surface area (Å²) in [5.74, 6) is -2.85. The maximum Gasteiger partial charge on any atom is 0.336 e. The Bertz CT molecular complexity index is 770. The summed E-state index contributed by atoms with van der Waals surface area (Å²) < 4.78 is 0. The van der Waals surface area contributed by atoms with Crippen molar-refractivity contribution in [3.05, 3.63) is 60.7 Å². The molecule has 0 heterocycles. The van der Waals surface area contributed by atoms with Crippen LogP contribution < -0.4 is 10.4 Å². The highest BCUT2D eigenvalue weighted by Crippen LogP contribution is 2.47. The number of benzene rings is 2. The first-order chi connectivity index (χ1) is 12.5. The van der Waals surface area contributed by atoms with Gasteiger partial charge in [0.2, 0.25) is 0 Å². The molecule has 144 valence electrons. The topological polar surface area (TPSA) is 94.8 Å². The Balaban J connectivity index is 3.04. The molecule has 0 aliphatic carbocycles. The Hall–Kier alpha value is -2.44. The van der Waals surface area contributed by atoms with Crippen molar-refractivity contribution in [3.63, 3.8) is 0 Å². The summed E-state index contributed by atoms with van der Waals surface area (Å²) in [4.78, 5) is 24.4. The van der Waals surface area contributed by atoms with Gasteiger partial charge in [-0.3, -0.25) is 4.79 Å². The fraction of sp³-hybridized carbons (Fsp3) is 0.333. The predicted octanol–water partition coefficient (Wildman–Crippen LogP) is 2.34. The molecule has 0 aliphatic heterocycles. The molecule has 0 fully saturated rings. The average Bonchev–Trinajstić information content (AvgIpc) is 2.59.